The highest BCUT2D eigenvalue weighted by Gasteiger charge is 2.17. The third kappa shape index (κ3) is 5.14. The van der Waals surface area contributed by atoms with Crippen LogP contribution in [-0.4, -0.2) is 34.0 Å². The maximum atomic E-state index is 5.41. The highest BCUT2D eigenvalue weighted by molar-refractivity contribution is 4.84. The number of methoxy groups -OCH3 is 1. The first-order valence-electron chi connectivity index (χ1n) is 6.57. The van der Waals surface area contributed by atoms with Gasteiger partial charge in [-0.2, -0.15) is 5.10 Å². The second-order valence-electron chi connectivity index (χ2n) is 5.64. The van der Waals surface area contributed by atoms with E-state index in [-0.39, 0.29) is 5.60 Å². The molecule has 0 aliphatic carbocycles. The molecule has 0 amide bonds. The van der Waals surface area contributed by atoms with E-state index in [0.717, 1.165) is 31.9 Å². The Balaban J connectivity index is 2.44. The number of nitrogens with one attached hydrogen (secondary N) is 1. The first-order chi connectivity index (χ1) is 8.44. The topological polar surface area (TPSA) is 52.0 Å². The van der Waals surface area contributed by atoms with E-state index < -0.39 is 0 Å². The van der Waals surface area contributed by atoms with Gasteiger partial charge in [-0.1, -0.05) is 13.8 Å². The largest absolute Gasteiger partial charge is 0.379 e. The van der Waals surface area contributed by atoms with E-state index in [2.05, 4.69) is 43.1 Å². The molecule has 1 aromatic rings. The molecular weight excluding hydrogens is 228 g/mol. The number of ether oxygens (including phenoxy) is 1. The molecule has 0 spiro atoms. The van der Waals surface area contributed by atoms with Crippen molar-refractivity contribution in [3.05, 3.63) is 12.2 Å². The number of aromatic nitrogens is 3. The summed E-state index contributed by atoms with van der Waals surface area (Å²) in [6.07, 6.45) is 2.54. The molecule has 1 aromatic heterocycles. The minimum absolute atomic E-state index is 0.116. The molecule has 5 heteroatoms. The second kappa shape index (κ2) is 6.85. The minimum atomic E-state index is -0.116. The fourth-order valence-electron chi connectivity index (χ4n) is 1.56. The molecule has 1 rings (SSSR count). The zero-order valence-electron chi connectivity index (χ0n) is 12.2. The van der Waals surface area contributed by atoms with Gasteiger partial charge in [0.1, 0.15) is 12.2 Å². The van der Waals surface area contributed by atoms with Gasteiger partial charge >= 0.3 is 0 Å². The lowest BCUT2D eigenvalue weighted by Crippen LogP contribution is -2.26. The molecule has 0 unspecified atom stereocenters. The number of hydrogen-bond acceptors (Lipinski definition) is 4. The lowest BCUT2D eigenvalue weighted by molar-refractivity contribution is 0.0111. The van der Waals surface area contributed by atoms with Crippen LogP contribution < -0.4 is 5.32 Å². The van der Waals surface area contributed by atoms with Gasteiger partial charge in [0.05, 0.1) is 12.1 Å². The van der Waals surface area contributed by atoms with Crippen molar-refractivity contribution in [3.8, 4) is 0 Å². The number of nitrogens with zero attached hydrogens (tertiary/aromatic N) is 3. The van der Waals surface area contributed by atoms with E-state index >= 15 is 0 Å². The Kier molecular flexibility index (Phi) is 5.75. The van der Waals surface area contributed by atoms with E-state index in [1.54, 1.807) is 13.4 Å². The Labute approximate surface area is 110 Å². The van der Waals surface area contributed by atoms with Crippen molar-refractivity contribution < 1.29 is 4.74 Å². The summed E-state index contributed by atoms with van der Waals surface area (Å²) in [5.41, 5.74) is -0.116. The molecule has 0 atom stereocenters. The number of rotatable bonds is 8. The van der Waals surface area contributed by atoms with E-state index in [1.807, 2.05) is 4.68 Å². The van der Waals surface area contributed by atoms with E-state index in [9.17, 15) is 0 Å². The van der Waals surface area contributed by atoms with Crippen molar-refractivity contribution in [2.24, 2.45) is 5.92 Å². The SMILES string of the molecule is COC(C)(C)CCn1ncnc1CNCC(C)C. The van der Waals surface area contributed by atoms with Crippen LogP contribution >= 0.6 is 0 Å². The summed E-state index contributed by atoms with van der Waals surface area (Å²) in [6.45, 7) is 11.2. The first kappa shape index (κ1) is 15.1. The van der Waals surface area contributed by atoms with Gasteiger partial charge in [-0.3, -0.25) is 0 Å². The molecule has 0 saturated heterocycles. The monoisotopic (exact) mass is 254 g/mol. The predicted octanol–water partition coefficient (Wildman–Crippen LogP) is 1.84. The summed E-state index contributed by atoms with van der Waals surface area (Å²) < 4.78 is 7.36. The molecule has 5 nitrogen and oxygen atoms in total. The zero-order chi connectivity index (χ0) is 13.6. The standard InChI is InChI=1S/C13H26N4O/c1-11(2)8-14-9-12-15-10-16-17(12)7-6-13(3,4)18-5/h10-11,14H,6-9H2,1-5H3. The third-order valence-corrected chi connectivity index (χ3v) is 3.01. The van der Waals surface area contributed by atoms with Crippen LogP contribution in [0.15, 0.2) is 6.33 Å². The highest BCUT2D eigenvalue weighted by Crippen LogP contribution is 2.14. The summed E-state index contributed by atoms with van der Waals surface area (Å²) in [6, 6.07) is 0. The van der Waals surface area contributed by atoms with Gasteiger partial charge in [0.25, 0.3) is 0 Å². The molecule has 0 radical (unpaired) electrons. The van der Waals surface area contributed by atoms with Crippen molar-refractivity contribution >= 4 is 0 Å². The summed E-state index contributed by atoms with van der Waals surface area (Å²) in [4.78, 5) is 4.29. The average Bonchev–Trinajstić information content (AvgIpc) is 2.74. The fraction of sp³-hybridized carbons (Fsp3) is 0.846. The molecule has 1 N–H and O–H groups in total. The number of aryl methyl sites for hydroxylation is 1. The quantitative estimate of drug-likeness (QED) is 0.769. The van der Waals surface area contributed by atoms with Gasteiger partial charge in [0, 0.05) is 13.7 Å². The normalized spacial score (nSPS) is 12.3. The number of hydrogen-bond donors (Lipinski definition) is 1. The van der Waals surface area contributed by atoms with E-state index in [1.165, 1.54) is 0 Å². The van der Waals surface area contributed by atoms with Gasteiger partial charge in [0.15, 0.2) is 0 Å². The van der Waals surface area contributed by atoms with Gasteiger partial charge in [-0.25, -0.2) is 9.67 Å². The Bertz CT molecular complexity index is 347. The van der Waals surface area contributed by atoms with Crippen LogP contribution in [0.25, 0.3) is 0 Å². The summed E-state index contributed by atoms with van der Waals surface area (Å²) in [7, 11) is 1.74. The maximum Gasteiger partial charge on any atom is 0.140 e. The Morgan fingerprint density at radius 3 is 2.78 bits per heavy atom. The van der Waals surface area contributed by atoms with Crippen molar-refractivity contribution in [3.63, 3.8) is 0 Å². The molecule has 0 aliphatic heterocycles. The molecule has 1 heterocycles. The third-order valence-electron chi connectivity index (χ3n) is 3.01. The van der Waals surface area contributed by atoms with Crippen LogP contribution in [0.3, 0.4) is 0 Å². The Hall–Kier alpha value is -0.940. The van der Waals surface area contributed by atoms with Crippen LogP contribution in [0.4, 0.5) is 0 Å². The molecular formula is C13H26N4O. The molecule has 0 fully saturated rings. The zero-order valence-corrected chi connectivity index (χ0v) is 12.2. The highest BCUT2D eigenvalue weighted by atomic mass is 16.5. The van der Waals surface area contributed by atoms with Crippen LogP contribution in [0.1, 0.15) is 39.9 Å². The van der Waals surface area contributed by atoms with E-state index in [0.29, 0.717) is 5.92 Å². The van der Waals surface area contributed by atoms with Crippen LogP contribution in [0.2, 0.25) is 0 Å². The first-order valence-corrected chi connectivity index (χ1v) is 6.57. The molecule has 18 heavy (non-hydrogen) atoms. The second-order valence-corrected chi connectivity index (χ2v) is 5.64. The summed E-state index contributed by atoms with van der Waals surface area (Å²) in [5.74, 6) is 1.64. The van der Waals surface area contributed by atoms with Crippen LogP contribution in [0, 0.1) is 5.92 Å². The van der Waals surface area contributed by atoms with Crippen molar-refractivity contribution in [1.82, 2.24) is 20.1 Å². The summed E-state index contributed by atoms with van der Waals surface area (Å²) >= 11 is 0. The molecule has 0 aromatic carbocycles. The summed E-state index contributed by atoms with van der Waals surface area (Å²) in [5, 5.41) is 7.65. The predicted molar refractivity (Wildman–Crippen MR) is 72.3 cm³/mol. The maximum absolute atomic E-state index is 5.41. The Morgan fingerprint density at radius 2 is 2.17 bits per heavy atom. The van der Waals surface area contributed by atoms with Crippen molar-refractivity contribution in [2.45, 2.75) is 52.8 Å². The lowest BCUT2D eigenvalue weighted by Gasteiger charge is -2.22. The van der Waals surface area contributed by atoms with Gasteiger partial charge in [-0.05, 0) is 32.7 Å². The molecule has 0 aliphatic rings. The molecule has 104 valence electrons. The van der Waals surface area contributed by atoms with Gasteiger partial charge < -0.3 is 10.1 Å². The van der Waals surface area contributed by atoms with E-state index in [4.69, 9.17) is 4.74 Å². The van der Waals surface area contributed by atoms with Crippen molar-refractivity contribution in [1.29, 1.82) is 0 Å². The lowest BCUT2D eigenvalue weighted by atomic mass is 10.1. The molecule has 0 saturated carbocycles. The van der Waals surface area contributed by atoms with Gasteiger partial charge in [0.2, 0.25) is 0 Å². The fourth-order valence-corrected chi connectivity index (χ4v) is 1.56. The molecule has 0 bridgehead atoms. The van der Waals surface area contributed by atoms with Gasteiger partial charge in [-0.15, -0.1) is 0 Å². The minimum Gasteiger partial charge on any atom is -0.379 e. The Morgan fingerprint density at radius 1 is 1.44 bits per heavy atom. The van der Waals surface area contributed by atoms with Crippen LogP contribution in [-0.2, 0) is 17.8 Å². The average molecular weight is 254 g/mol. The van der Waals surface area contributed by atoms with Crippen LogP contribution in [0.5, 0.6) is 0 Å². The van der Waals surface area contributed by atoms with Crippen molar-refractivity contribution in [2.75, 3.05) is 13.7 Å². The smallest absolute Gasteiger partial charge is 0.140 e.